The number of hydrogen-bond donors (Lipinski definition) is 3. The lowest BCUT2D eigenvalue weighted by Gasteiger charge is -2.10. The Hall–Kier alpha value is -1.85. The van der Waals surface area contributed by atoms with E-state index in [0.29, 0.717) is 12.2 Å². The molecule has 4 nitrogen and oxygen atoms in total. The summed E-state index contributed by atoms with van der Waals surface area (Å²) in [6.45, 7) is 2.29. The van der Waals surface area contributed by atoms with Gasteiger partial charge in [0.05, 0.1) is 6.10 Å². The zero-order chi connectivity index (χ0) is 14.4. The molecule has 2 aromatic rings. The summed E-state index contributed by atoms with van der Waals surface area (Å²) < 4.78 is 0. The van der Waals surface area contributed by atoms with E-state index in [1.54, 1.807) is 30.4 Å². The Labute approximate surface area is 122 Å². The van der Waals surface area contributed by atoms with Gasteiger partial charge in [-0.15, -0.1) is 0 Å². The predicted molar refractivity (Wildman–Crippen MR) is 82.1 cm³/mol. The van der Waals surface area contributed by atoms with Gasteiger partial charge in [0, 0.05) is 12.2 Å². The van der Waals surface area contributed by atoms with Crippen LogP contribution in [-0.4, -0.2) is 17.7 Å². The van der Waals surface area contributed by atoms with Crippen LogP contribution < -0.4 is 10.6 Å². The Morgan fingerprint density at radius 2 is 2.25 bits per heavy atom. The third-order valence-electron chi connectivity index (χ3n) is 2.91. The summed E-state index contributed by atoms with van der Waals surface area (Å²) in [7, 11) is 0. The molecule has 0 saturated carbocycles. The number of anilines is 1. The highest BCUT2D eigenvalue weighted by atomic mass is 32.1. The number of amides is 2. The Morgan fingerprint density at radius 3 is 2.95 bits per heavy atom. The van der Waals surface area contributed by atoms with Crippen molar-refractivity contribution in [2.75, 3.05) is 11.9 Å². The second-order valence-electron chi connectivity index (χ2n) is 4.56. The van der Waals surface area contributed by atoms with E-state index in [4.69, 9.17) is 0 Å². The van der Waals surface area contributed by atoms with Crippen molar-refractivity contribution in [2.45, 2.75) is 19.4 Å². The average Bonchev–Trinajstić information content (AvgIpc) is 2.92. The van der Waals surface area contributed by atoms with Gasteiger partial charge in [0.2, 0.25) is 0 Å². The maximum atomic E-state index is 11.7. The summed E-state index contributed by atoms with van der Waals surface area (Å²) >= 11 is 1.65. The second kappa shape index (κ2) is 7.07. The molecule has 3 N–H and O–H groups in total. The highest BCUT2D eigenvalue weighted by molar-refractivity contribution is 7.07. The first-order valence-corrected chi connectivity index (χ1v) is 7.43. The normalized spacial score (nSPS) is 11.9. The maximum absolute atomic E-state index is 11.7. The zero-order valence-electron chi connectivity index (χ0n) is 11.3. The lowest BCUT2D eigenvalue weighted by molar-refractivity contribution is 0.199. The molecule has 0 radical (unpaired) electrons. The van der Waals surface area contributed by atoms with Crippen molar-refractivity contribution >= 4 is 23.1 Å². The van der Waals surface area contributed by atoms with Crippen LogP contribution >= 0.6 is 11.3 Å². The van der Waals surface area contributed by atoms with E-state index >= 15 is 0 Å². The molecule has 1 atom stereocenters. The highest BCUT2D eigenvalue weighted by Crippen LogP contribution is 2.16. The van der Waals surface area contributed by atoms with Gasteiger partial charge in [-0.25, -0.2) is 4.79 Å². The molecule has 0 saturated heterocycles. The quantitative estimate of drug-likeness (QED) is 0.792. The fourth-order valence-electron chi connectivity index (χ4n) is 1.81. The molecule has 1 aromatic heterocycles. The van der Waals surface area contributed by atoms with Gasteiger partial charge in [0.1, 0.15) is 0 Å². The van der Waals surface area contributed by atoms with E-state index in [1.165, 1.54) is 5.56 Å². The first-order valence-electron chi connectivity index (χ1n) is 6.49. The summed E-state index contributed by atoms with van der Waals surface area (Å²) in [5.41, 5.74) is 2.68. The molecule has 2 rings (SSSR count). The van der Waals surface area contributed by atoms with Crippen molar-refractivity contribution in [3.8, 4) is 0 Å². The van der Waals surface area contributed by atoms with E-state index < -0.39 is 6.10 Å². The number of carbonyl (C=O) groups excluding carboxylic acids is 1. The summed E-state index contributed by atoms with van der Waals surface area (Å²) in [4.78, 5) is 11.7. The molecule has 2 amide bonds. The number of nitrogens with one attached hydrogen (secondary N) is 2. The molecule has 106 valence electrons. The molecule has 0 fully saturated rings. The number of carbonyl (C=O) groups is 1. The molecule has 0 aliphatic carbocycles. The minimum absolute atomic E-state index is 0.233. The molecule has 1 unspecified atom stereocenters. The fraction of sp³-hybridized carbons (Fsp3) is 0.267. The summed E-state index contributed by atoms with van der Waals surface area (Å²) in [6.07, 6.45) is 0.281. The van der Waals surface area contributed by atoms with Crippen molar-refractivity contribution in [1.82, 2.24) is 5.32 Å². The van der Waals surface area contributed by atoms with Crippen LogP contribution in [0, 0.1) is 0 Å². The van der Waals surface area contributed by atoms with E-state index in [-0.39, 0.29) is 6.03 Å². The van der Waals surface area contributed by atoms with Gasteiger partial charge in [0.25, 0.3) is 0 Å². The van der Waals surface area contributed by atoms with Crippen LogP contribution in [0.2, 0.25) is 0 Å². The predicted octanol–water partition coefficient (Wildman–Crippen LogP) is 3.17. The van der Waals surface area contributed by atoms with Crippen molar-refractivity contribution in [1.29, 1.82) is 0 Å². The Balaban J connectivity index is 1.80. The van der Waals surface area contributed by atoms with Gasteiger partial charge in [0.15, 0.2) is 0 Å². The lowest BCUT2D eigenvalue weighted by Crippen LogP contribution is -2.30. The van der Waals surface area contributed by atoms with Gasteiger partial charge in [-0.05, 0) is 53.4 Å². The van der Waals surface area contributed by atoms with Crippen LogP contribution in [-0.2, 0) is 6.42 Å². The molecule has 0 spiro atoms. The highest BCUT2D eigenvalue weighted by Gasteiger charge is 2.04. The van der Waals surface area contributed by atoms with Gasteiger partial charge in [-0.1, -0.05) is 12.1 Å². The zero-order valence-corrected chi connectivity index (χ0v) is 12.1. The van der Waals surface area contributed by atoms with Crippen LogP contribution in [0.4, 0.5) is 10.5 Å². The molecule has 0 aliphatic heterocycles. The van der Waals surface area contributed by atoms with Crippen molar-refractivity contribution in [2.24, 2.45) is 0 Å². The molecule has 0 bridgehead atoms. The fourth-order valence-corrected chi connectivity index (χ4v) is 2.51. The van der Waals surface area contributed by atoms with E-state index in [1.807, 2.05) is 17.5 Å². The number of hydrogen-bond acceptors (Lipinski definition) is 3. The third kappa shape index (κ3) is 4.36. The molecular formula is C15H18N2O2S. The first-order chi connectivity index (χ1) is 9.65. The first kappa shape index (κ1) is 14.6. The summed E-state index contributed by atoms with van der Waals surface area (Å²) in [6, 6.07) is 9.01. The van der Waals surface area contributed by atoms with Gasteiger partial charge < -0.3 is 15.7 Å². The van der Waals surface area contributed by atoms with Gasteiger partial charge in [-0.2, -0.15) is 11.3 Å². The van der Waals surface area contributed by atoms with Crippen molar-refractivity contribution in [3.05, 3.63) is 52.2 Å². The standard InChI is InChI=1S/C15H18N2O2S/c1-11(18)13-3-2-4-14(9-13)17-15(19)16-7-5-12-6-8-20-10-12/h2-4,6,8-11,18H,5,7H2,1H3,(H2,16,17,19). The monoisotopic (exact) mass is 290 g/mol. The topological polar surface area (TPSA) is 61.4 Å². The summed E-state index contributed by atoms with van der Waals surface area (Å²) in [5, 5.41) is 19.2. The minimum Gasteiger partial charge on any atom is -0.389 e. The summed E-state index contributed by atoms with van der Waals surface area (Å²) in [5.74, 6) is 0. The van der Waals surface area contributed by atoms with Crippen LogP contribution in [0.25, 0.3) is 0 Å². The minimum atomic E-state index is -0.543. The van der Waals surface area contributed by atoms with Crippen LogP contribution in [0.3, 0.4) is 0 Å². The number of urea groups is 1. The SMILES string of the molecule is CC(O)c1cccc(NC(=O)NCCc2ccsc2)c1. The second-order valence-corrected chi connectivity index (χ2v) is 5.34. The average molecular weight is 290 g/mol. The Bertz CT molecular complexity index is 553. The number of rotatable bonds is 5. The maximum Gasteiger partial charge on any atom is 0.319 e. The number of aliphatic hydroxyl groups excluding tert-OH is 1. The van der Waals surface area contributed by atoms with Gasteiger partial charge in [-0.3, -0.25) is 0 Å². The van der Waals surface area contributed by atoms with Crippen molar-refractivity contribution < 1.29 is 9.90 Å². The molecular weight excluding hydrogens is 272 g/mol. The van der Waals surface area contributed by atoms with Crippen molar-refractivity contribution in [3.63, 3.8) is 0 Å². The number of aliphatic hydroxyl groups is 1. The van der Waals surface area contributed by atoms with E-state index in [9.17, 15) is 9.90 Å². The lowest BCUT2D eigenvalue weighted by atomic mass is 10.1. The Kier molecular flexibility index (Phi) is 5.15. The Morgan fingerprint density at radius 1 is 1.40 bits per heavy atom. The third-order valence-corrected chi connectivity index (χ3v) is 3.64. The van der Waals surface area contributed by atoms with E-state index in [2.05, 4.69) is 22.1 Å². The molecule has 1 heterocycles. The largest absolute Gasteiger partial charge is 0.389 e. The molecule has 5 heteroatoms. The molecule has 0 aliphatic rings. The van der Waals surface area contributed by atoms with E-state index in [0.717, 1.165) is 12.0 Å². The van der Waals surface area contributed by atoms with Crippen LogP contribution in [0.1, 0.15) is 24.2 Å². The number of thiophene rings is 1. The number of benzene rings is 1. The van der Waals surface area contributed by atoms with Crippen LogP contribution in [0.15, 0.2) is 41.1 Å². The van der Waals surface area contributed by atoms with Gasteiger partial charge >= 0.3 is 6.03 Å². The van der Waals surface area contributed by atoms with Crippen LogP contribution in [0.5, 0.6) is 0 Å². The molecule has 20 heavy (non-hydrogen) atoms. The molecule has 1 aromatic carbocycles. The smallest absolute Gasteiger partial charge is 0.319 e.